The summed E-state index contributed by atoms with van der Waals surface area (Å²) in [5.74, 6) is -1.09. The van der Waals surface area contributed by atoms with Crippen molar-refractivity contribution in [1.82, 2.24) is 15.4 Å². The predicted octanol–water partition coefficient (Wildman–Crippen LogP) is 5.07. The molecule has 0 radical (unpaired) electrons. The van der Waals surface area contributed by atoms with Gasteiger partial charge in [-0.2, -0.15) is 4.98 Å². The summed E-state index contributed by atoms with van der Waals surface area (Å²) in [5.41, 5.74) is 8.23. The molecule has 9 nitrogen and oxygen atoms in total. The van der Waals surface area contributed by atoms with E-state index < -0.39 is 22.4 Å². The molecule has 176 valence electrons. The highest BCUT2D eigenvalue weighted by Crippen LogP contribution is 2.34. The molecule has 0 aliphatic carbocycles. The van der Waals surface area contributed by atoms with Crippen LogP contribution in [0.15, 0.2) is 85.2 Å². The summed E-state index contributed by atoms with van der Waals surface area (Å²) in [4.78, 5) is 32.3. The van der Waals surface area contributed by atoms with Crippen molar-refractivity contribution >= 4 is 17.4 Å². The molecule has 0 fully saturated rings. The molecule has 0 saturated heterocycles. The first-order valence-electron chi connectivity index (χ1n) is 10.8. The lowest BCUT2D eigenvalue weighted by Crippen LogP contribution is -2.35. The van der Waals surface area contributed by atoms with Crippen LogP contribution in [-0.2, 0) is 4.79 Å². The van der Waals surface area contributed by atoms with Crippen LogP contribution in [0.5, 0.6) is 11.6 Å². The standard InChI is InChI=1S/C26H23N5O4/c1-17-13-14-21(15-18(17)2)35-26-23(31(33)34)24(27-16-28-26)29-30-25(32)22(19-9-5-3-6-10-19)20-11-7-4-8-12-20/h3-16,22H,1-2H3,(H,30,32)(H,27,28,29). The predicted molar refractivity (Wildman–Crippen MR) is 131 cm³/mol. The lowest BCUT2D eigenvalue weighted by Gasteiger charge is -2.18. The minimum Gasteiger partial charge on any atom is -0.434 e. The number of carbonyl (C=O) groups excluding carboxylic acids is 1. The number of hydrazine groups is 1. The largest absolute Gasteiger partial charge is 0.434 e. The van der Waals surface area contributed by atoms with Crippen LogP contribution in [0.4, 0.5) is 11.5 Å². The van der Waals surface area contributed by atoms with Gasteiger partial charge in [0.1, 0.15) is 12.1 Å². The SMILES string of the molecule is Cc1ccc(Oc2ncnc(NNC(=O)C(c3ccccc3)c3ccccc3)c2[N+](=O)[O-])cc1C. The molecule has 2 N–H and O–H groups in total. The Kier molecular flexibility index (Phi) is 6.96. The lowest BCUT2D eigenvalue weighted by atomic mass is 9.91. The Bertz CT molecular complexity index is 1310. The smallest absolute Gasteiger partial charge is 0.374 e. The number of aromatic nitrogens is 2. The van der Waals surface area contributed by atoms with E-state index in [0.717, 1.165) is 28.6 Å². The van der Waals surface area contributed by atoms with E-state index in [4.69, 9.17) is 4.74 Å². The second kappa shape index (κ2) is 10.4. The van der Waals surface area contributed by atoms with Crippen molar-refractivity contribution in [1.29, 1.82) is 0 Å². The molecule has 4 rings (SSSR count). The molecule has 35 heavy (non-hydrogen) atoms. The van der Waals surface area contributed by atoms with Gasteiger partial charge in [0.25, 0.3) is 0 Å². The van der Waals surface area contributed by atoms with E-state index in [1.807, 2.05) is 80.6 Å². The summed E-state index contributed by atoms with van der Waals surface area (Å²) < 4.78 is 5.69. The molecule has 0 aliphatic rings. The molecule has 1 heterocycles. The Labute approximate surface area is 201 Å². The highest BCUT2D eigenvalue weighted by Gasteiger charge is 2.27. The lowest BCUT2D eigenvalue weighted by molar-refractivity contribution is -0.385. The van der Waals surface area contributed by atoms with Gasteiger partial charge in [-0.05, 0) is 48.2 Å². The summed E-state index contributed by atoms with van der Waals surface area (Å²) in [6.07, 6.45) is 1.13. The third-order valence-electron chi connectivity index (χ3n) is 5.50. The highest BCUT2D eigenvalue weighted by molar-refractivity contribution is 5.88. The van der Waals surface area contributed by atoms with E-state index in [2.05, 4.69) is 20.8 Å². The van der Waals surface area contributed by atoms with Crippen molar-refractivity contribution in [3.8, 4) is 11.6 Å². The van der Waals surface area contributed by atoms with Crippen molar-refractivity contribution in [2.45, 2.75) is 19.8 Å². The van der Waals surface area contributed by atoms with Crippen LogP contribution in [0.1, 0.15) is 28.2 Å². The number of hydrogen-bond donors (Lipinski definition) is 2. The summed E-state index contributed by atoms with van der Waals surface area (Å²) >= 11 is 0. The van der Waals surface area contributed by atoms with E-state index >= 15 is 0 Å². The van der Waals surface area contributed by atoms with Gasteiger partial charge in [0, 0.05) is 0 Å². The number of nitrogens with zero attached hydrogens (tertiary/aromatic N) is 3. The summed E-state index contributed by atoms with van der Waals surface area (Å²) in [5, 5.41) is 11.9. The van der Waals surface area contributed by atoms with Gasteiger partial charge in [-0.25, -0.2) is 4.98 Å². The van der Waals surface area contributed by atoms with Gasteiger partial charge in [0.15, 0.2) is 0 Å². The monoisotopic (exact) mass is 469 g/mol. The third kappa shape index (κ3) is 5.41. The molecule has 1 amide bonds. The topological polar surface area (TPSA) is 119 Å². The summed E-state index contributed by atoms with van der Waals surface area (Å²) in [7, 11) is 0. The zero-order valence-corrected chi connectivity index (χ0v) is 19.1. The molecule has 1 aromatic heterocycles. The Morgan fingerprint density at radius 3 is 2.11 bits per heavy atom. The molecule has 4 aromatic rings. The van der Waals surface area contributed by atoms with Crippen LogP contribution in [0.2, 0.25) is 0 Å². The van der Waals surface area contributed by atoms with Crippen LogP contribution in [0.25, 0.3) is 0 Å². The molecule has 0 spiro atoms. The van der Waals surface area contributed by atoms with Gasteiger partial charge in [-0.3, -0.25) is 25.8 Å². The van der Waals surface area contributed by atoms with Crippen molar-refractivity contribution in [3.05, 3.63) is 118 Å². The normalized spacial score (nSPS) is 10.6. The summed E-state index contributed by atoms with van der Waals surface area (Å²) in [6, 6.07) is 23.8. The molecule has 0 unspecified atom stereocenters. The van der Waals surface area contributed by atoms with Gasteiger partial charge < -0.3 is 4.74 Å². The van der Waals surface area contributed by atoms with Crippen molar-refractivity contribution in [2.24, 2.45) is 0 Å². The molecule has 0 bridgehead atoms. The first-order chi connectivity index (χ1) is 16.9. The molecule has 0 atom stereocenters. The van der Waals surface area contributed by atoms with Crippen LogP contribution < -0.4 is 15.6 Å². The van der Waals surface area contributed by atoms with Crippen molar-refractivity contribution in [2.75, 3.05) is 5.43 Å². The molecule has 0 aliphatic heterocycles. The average molecular weight is 470 g/mol. The number of aryl methyl sites for hydroxylation is 2. The van der Waals surface area contributed by atoms with Gasteiger partial charge in [-0.15, -0.1) is 0 Å². The molecule has 0 saturated carbocycles. The maximum atomic E-state index is 13.2. The molecule has 9 heteroatoms. The highest BCUT2D eigenvalue weighted by atomic mass is 16.6. The van der Waals surface area contributed by atoms with Crippen molar-refractivity contribution < 1.29 is 14.5 Å². The van der Waals surface area contributed by atoms with Gasteiger partial charge in [0.2, 0.25) is 11.7 Å². The Morgan fingerprint density at radius 1 is 0.914 bits per heavy atom. The summed E-state index contributed by atoms with van der Waals surface area (Å²) in [6.45, 7) is 3.87. The zero-order chi connectivity index (χ0) is 24.8. The fraction of sp³-hybridized carbons (Fsp3) is 0.115. The maximum Gasteiger partial charge on any atom is 0.374 e. The van der Waals surface area contributed by atoms with E-state index in [0.29, 0.717) is 5.75 Å². The van der Waals surface area contributed by atoms with E-state index in [1.165, 1.54) is 0 Å². The minimum absolute atomic E-state index is 0.197. The number of nitrogens with one attached hydrogen (secondary N) is 2. The number of nitro groups is 1. The van der Waals surface area contributed by atoms with Crippen molar-refractivity contribution in [3.63, 3.8) is 0 Å². The van der Waals surface area contributed by atoms with E-state index in [1.54, 1.807) is 12.1 Å². The number of hydrogen-bond acceptors (Lipinski definition) is 7. The average Bonchev–Trinajstić information content (AvgIpc) is 2.86. The maximum absolute atomic E-state index is 13.2. The number of ether oxygens (including phenoxy) is 1. The number of benzene rings is 3. The fourth-order valence-corrected chi connectivity index (χ4v) is 3.56. The Morgan fingerprint density at radius 2 is 1.54 bits per heavy atom. The quantitative estimate of drug-likeness (QED) is 0.273. The van der Waals surface area contributed by atoms with Crippen LogP contribution >= 0.6 is 0 Å². The molecule has 3 aromatic carbocycles. The van der Waals surface area contributed by atoms with Crippen LogP contribution in [0.3, 0.4) is 0 Å². The Hall–Kier alpha value is -4.79. The Balaban J connectivity index is 1.59. The van der Waals surface area contributed by atoms with Crippen LogP contribution in [0, 0.1) is 24.0 Å². The number of carbonyl (C=O) groups is 1. The molecular weight excluding hydrogens is 446 g/mol. The molecular formula is C26H23N5O4. The first-order valence-corrected chi connectivity index (χ1v) is 10.8. The van der Waals surface area contributed by atoms with E-state index in [-0.39, 0.29) is 11.7 Å². The second-order valence-corrected chi connectivity index (χ2v) is 7.85. The van der Waals surface area contributed by atoms with E-state index in [9.17, 15) is 14.9 Å². The third-order valence-corrected chi connectivity index (χ3v) is 5.50. The van der Waals surface area contributed by atoms with Crippen LogP contribution in [-0.4, -0.2) is 20.8 Å². The first kappa shape index (κ1) is 23.4. The van der Waals surface area contributed by atoms with Gasteiger partial charge in [0.05, 0.1) is 10.8 Å². The van der Waals surface area contributed by atoms with Gasteiger partial charge in [-0.1, -0.05) is 66.7 Å². The number of anilines is 1. The van der Waals surface area contributed by atoms with Gasteiger partial charge >= 0.3 is 11.6 Å². The second-order valence-electron chi connectivity index (χ2n) is 7.85. The zero-order valence-electron chi connectivity index (χ0n) is 19.1. The number of amides is 1. The fourth-order valence-electron chi connectivity index (χ4n) is 3.56. The minimum atomic E-state index is -0.656. The number of rotatable bonds is 8.